The van der Waals surface area contributed by atoms with Gasteiger partial charge in [0, 0.05) is 5.92 Å². The van der Waals surface area contributed by atoms with Crippen molar-refractivity contribution in [1.29, 1.82) is 0 Å². The lowest BCUT2D eigenvalue weighted by molar-refractivity contribution is -0.185. The molecule has 0 aromatic rings. The van der Waals surface area contributed by atoms with E-state index in [2.05, 4.69) is 0 Å². The first kappa shape index (κ1) is 6.01. The summed E-state index contributed by atoms with van der Waals surface area (Å²) >= 11 is 0. The Balaban J connectivity index is 2.42. The number of rotatable bonds is 0. The van der Waals surface area contributed by atoms with Crippen LogP contribution < -0.4 is 0 Å². The van der Waals surface area contributed by atoms with Crippen molar-refractivity contribution >= 4 is 0 Å². The number of hydrogen-bond donors (Lipinski definition) is 3. The van der Waals surface area contributed by atoms with Crippen molar-refractivity contribution in [2.24, 2.45) is 5.92 Å². The van der Waals surface area contributed by atoms with Gasteiger partial charge in [-0.15, -0.1) is 0 Å². The molecule has 3 nitrogen and oxygen atoms in total. The van der Waals surface area contributed by atoms with Crippen LogP contribution in [0, 0.1) is 5.92 Å². The molecule has 2 unspecified atom stereocenters. The Hall–Kier alpha value is -0.120. The van der Waals surface area contributed by atoms with Crippen LogP contribution in [0.2, 0.25) is 0 Å². The summed E-state index contributed by atoms with van der Waals surface area (Å²) in [6, 6.07) is 0. The summed E-state index contributed by atoms with van der Waals surface area (Å²) in [5, 5.41) is 26.1. The van der Waals surface area contributed by atoms with E-state index in [4.69, 9.17) is 15.3 Å². The number of hydrogen-bond acceptors (Lipinski definition) is 3. The van der Waals surface area contributed by atoms with Gasteiger partial charge >= 0.3 is 0 Å². The van der Waals surface area contributed by atoms with Gasteiger partial charge in [-0.3, -0.25) is 0 Å². The lowest BCUT2D eigenvalue weighted by Gasteiger charge is -2.40. The molecule has 0 spiro atoms. The van der Waals surface area contributed by atoms with Crippen LogP contribution in [0.1, 0.15) is 6.92 Å². The standard InChI is InChI=1S/C5H10O3/c1-2-3(6)5(8)4(2)7/h2-8H,1H3. The van der Waals surface area contributed by atoms with E-state index in [1.165, 1.54) is 0 Å². The van der Waals surface area contributed by atoms with Gasteiger partial charge in [0.05, 0.1) is 12.2 Å². The minimum absolute atomic E-state index is 0.162. The third-order valence-corrected chi connectivity index (χ3v) is 1.78. The molecule has 1 rings (SSSR count). The van der Waals surface area contributed by atoms with E-state index >= 15 is 0 Å². The third kappa shape index (κ3) is 0.555. The van der Waals surface area contributed by atoms with Gasteiger partial charge in [0.25, 0.3) is 0 Å². The van der Waals surface area contributed by atoms with Gasteiger partial charge in [0.2, 0.25) is 0 Å². The topological polar surface area (TPSA) is 60.7 Å². The Morgan fingerprint density at radius 3 is 1.38 bits per heavy atom. The maximum atomic E-state index is 8.75. The Morgan fingerprint density at radius 2 is 1.25 bits per heavy atom. The molecule has 2 atom stereocenters. The van der Waals surface area contributed by atoms with Crippen LogP contribution in [0.3, 0.4) is 0 Å². The van der Waals surface area contributed by atoms with Crippen molar-refractivity contribution in [3.63, 3.8) is 0 Å². The molecule has 3 heteroatoms. The minimum atomic E-state index is -0.912. The molecular formula is C5H10O3. The molecule has 1 fully saturated rings. The highest BCUT2D eigenvalue weighted by Gasteiger charge is 2.44. The summed E-state index contributed by atoms with van der Waals surface area (Å²) < 4.78 is 0. The Kier molecular flexibility index (Phi) is 1.27. The maximum absolute atomic E-state index is 8.75. The average molecular weight is 118 g/mol. The van der Waals surface area contributed by atoms with Crippen LogP contribution in [-0.2, 0) is 0 Å². The molecule has 0 bridgehead atoms. The van der Waals surface area contributed by atoms with Crippen molar-refractivity contribution in [3.05, 3.63) is 0 Å². The van der Waals surface area contributed by atoms with Crippen molar-refractivity contribution in [1.82, 2.24) is 0 Å². The molecule has 0 heterocycles. The van der Waals surface area contributed by atoms with E-state index in [9.17, 15) is 0 Å². The molecule has 8 heavy (non-hydrogen) atoms. The molecule has 0 amide bonds. The molecule has 1 saturated carbocycles. The normalized spacial score (nSPS) is 55.5. The van der Waals surface area contributed by atoms with Gasteiger partial charge in [0.15, 0.2) is 0 Å². The fraction of sp³-hybridized carbons (Fsp3) is 1.00. The predicted octanol–water partition coefficient (Wildman–Crippen LogP) is -1.28. The predicted molar refractivity (Wildman–Crippen MR) is 27.2 cm³/mol. The smallest absolute Gasteiger partial charge is 0.106 e. The van der Waals surface area contributed by atoms with E-state index < -0.39 is 18.3 Å². The second-order valence-electron chi connectivity index (χ2n) is 2.33. The van der Waals surface area contributed by atoms with Gasteiger partial charge < -0.3 is 15.3 Å². The number of aliphatic hydroxyl groups excluding tert-OH is 3. The van der Waals surface area contributed by atoms with E-state index in [-0.39, 0.29) is 5.92 Å². The van der Waals surface area contributed by atoms with Crippen LogP contribution >= 0.6 is 0 Å². The Morgan fingerprint density at radius 1 is 0.875 bits per heavy atom. The van der Waals surface area contributed by atoms with Gasteiger partial charge in [-0.05, 0) is 0 Å². The number of aliphatic hydroxyl groups is 3. The van der Waals surface area contributed by atoms with Crippen molar-refractivity contribution < 1.29 is 15.3 Å². The Bertz CT molecular complexity index is 61.7. The molecule has 1 aliphatic rings. The van der Waals surface area contributed by atoms with E-state index in [0.29, 0.717) is 0 Å². The molecule has 0 radical (unpaired) electrons. The lowest BCUT2D eigenvalue weighted by Crippen LogP contribution is -2.58. The first-order chi connectivity index (χ1) is 3.64. The maximum Gasteiger partial charge on any atom is 0.106 e. The highest BCUT2D eigenvalue weighted by Crippen LogP contribution is 2.27. The molecule has 1 aliphatic carbocycles. The average Bonchev–Trinajstić information content (AvgIpc) is 1.83. The zero-order valence-electron chi connectivity index (χ0n) is 4.65. The summed E-state index contributed by atoms with van der Waals surface area (Å²) in [5.74, 6) is -0.162. The zero-order valence-corrected chi connectivity index (χ0v) is 4.65. The molecule has 0 aromatic carbocycles. The highest BCUT2D eigenvalue weighted by atomic mass is 16.4. The van der Waals surface area contributed by atoms with E-state index in [0.717, 1.165) is 0 Å². The van der Waals surface area contributed by atoms with Gasteiger partial charge in [0.1, 0.15) is 6.10 Å². The van der Waals surface area contributed by atoms with E-state index in [1.807, 2.05) is 0 Å². The fourth-order valence-electron chi connectivity index (χ4n) is 0.881. The first-order valence-electron chi connectivity index (χ1n) is 2.69. The van der Waals surface area contributed by atoms with Crippen molar-refractivity contribution in [2.45, 2.75) is 25.2 Å². The van der Waals surface area contributed by atoms with Crippen LogP contribution in [0.5, 0.6) is 0 Å². The summed E-state index contributed by atoms with van der Waals surface area (Å²) in [6.45, 7) is 1.70. The second kappa shape index (κ2) is 1.69. The zero-order chi connectivity index (χ0) is 6.31. The molecule has 48 valence electrons. The van der Waals surface area contributed by atoms with E-state index in [1.54, 1.807) is 6.92 Å². The molecule has 0 saturated heterocycles. The van der Waals surface area contributed by atoms with Crippen molar-refractivity contribution in [2.75, 3.05) is 0 Å². The summed E-state index contributed by atoms with van der Waals surface area (Å²) in [7, 11) is 0. The van der Waals surface area contributed by atoms with Crippen LogP contribution in [0.25, 0.3) is 0 Å². The highest BCUT2D eigenvalue weighted by molar-refractivity contribution is 4.95. The summed E-state index contributed by atoms with van der Waals surface area (Å²) in [6.07, 6.45) is -2.35. The Labute approximate surface area is 47.6 Å². The first-order valence-corrected chi connectivity index (χ1v) is 2.69. The monoisotopic (exact) mass is 118 g/mol. The SMILES string of the molecule is CC1C(O)C(O)C1O. The van der Waals surface area contributed by atoms with Crippen LogP contribution in [0.15, 0.2) is 0 Å². The van der Waals surface area contributed by atoms with Gasteiger partial charge in [-0.25, -0.2) is 0 Å². The summed E-state index contributed by atoms with van der Waals surface area (Å²) in [4.78, 5) is 0. The van der Waals surface area contributed by atoms with Gasteiger partial charge in [-0.2, -0.15) is 0 Å². The lowest BCUT2D eigenvalue weighted by atomic mass is 9.77. The van der Waals surface area contributed by atoms with Crippen LogP contribution in [-0.4, -0.2) is 33.6 Å². The second-order valence-corrected chi connectivity index (χ2v) is 2.33. The fourth-order valence-corrected chi connectivity index (χ4v) is 0.881. The molecule has 3 N–H and O–H groups in total. The minimum Gasteiger partial charge on any atom is -0.390 e. The van der Waals surface area contributed by atoms with Crippen LogP contribution in [0.4, 0.5) is 0 Å². The van der Waals surface area contributed by atoms with Crippen molar-refractivity contribution in [3.8, 4) is 0 Å². The molecule has 0 aliphatic heterocycles. The quantitative estimate of drug-likeness (QED) is 0.371. The largest absolute Gasteiger partial charge is 0.390 e. The molecule has 0 aromatic heterocycles. The molecular weight excluding hydrogens is 108 g/mol. The third-order valence-electron chi connectivity index (χ3n) is 1.78. The summed E-state index contributed by atoms with van der Waals surface area (Å²) in [5.41, 5.74) is 0. The van der Waals surface area contributed by atoms with Gasteiger partial charge in [-0.1, -0.05) is 6.92 Å².